The summed E-state index contributed by atoms with van der Waals surface area (Å²) in [5.74, 6) is 0. The van der Waals surface area contributed by atoms with Crippen LogP contribution in [0.1, 0.15) is 13.3 Å². The second-order valence-corrected chi connectivity index (χ2v) is 4.24. The Morgan fingerprint density at radius 1 is 1.33 bits per heavy atom. The summed E-state index contributed by atoms with van der Waals surface area (Å²) in [7, 11) is 0. The molecule has 4 heteroatoms. The summed E-state index contributed by atoms with van der Waals surface area (Å²) in [6.45, 7) is 1.86. The molecule has 0 radical (unpaired) electrons. The average molecular weight is 246 g/mol. The van der Waals surface area contributed by atoms with Crippen molar-refractivity contribution in [3.63, 3.8) is 0 Å². The molecule has 94 valence electrons. The average Bonchev–Trinajstić information content (AvgIpc) is 2.38. The van der Waals surface area contributed by atoms with Crippen molar-refractivity contribution in [2.45, 2.75) is 26.1 Å². The minimum absolute atomic E-state index is 0.199. The summed E-state index contributed by atoms with van der Waals surface area (Å²) in [6.07, 6.45) is 2.38. The van der Waals surface area contributed by atoms with Crippen molar-refractivity contribution in [2.75, 3.05) is 0 Å². The van der Waals surface area contributed by atoms with Crippen LogP contribution in [-0.4, -0.2) is 15.7 Å². The van der Waals surface area contributed by atoms with Crippen LogP contribution in [0.5, 0.6) is 0 Å². The van der Waals surface area contributed by atoms with Gasteiger partial charge in [0.05, 0.1) is 18.1 Å². The zero-order chi connectivity index (χ0) is 13.0. The van der Waals surface area contributed by atoms with Crippen LogP contribution in [0.4, 0.5) is 4.39 Å². The summed E-state index contributed by atoms with van der Waals surface area (Å²) >= 11 is 0. The van der Waals surface area contributed by atoms with E-state index < -0.39 is 6.17 Å². The smallest absolute Gasteiger partial charge is 0.269 e. The van der Waals surface area contributed by atoms with Crippen molar-refractivity contribution in [1.82, 2.24) is 9.55 Å². The first-order valence-electron chi connectivity index (χ1n) is 5.93. The van der Waals surface area contributed by atoms with E-state index in [2.05, 4.69) is 4.98 Å². The predicted octanol–water partition coefficient (Wildman–Crippen LogP) is 2.66. The van der Waals surface area contributed by atoms with Crippen LogP contribution in [0.15, 0.2) is 47.5 Å². The Morgan fingerprint density at radius 2 is 2.06 bits per heavy atom. The van der Waals surface area contributed by atoms with E-state index in [1.54, 1.807) is 6.20 Å². The molecule has 0 N–H and O–H groups in total. The number of benzene rings is 1. The highest BCUT2D eigenvalue weighted by atomic mass is 19.1. The fourth-order valence-corrected chi connectivity index (χ4v) is 1.69. The zero-order valence-electron chi connectivity index (χ0n) is 10.2. The summed E-state index contributed by atoms with van der Waals surface area (Å²) in [5, 5.41) is 0. The first-order valence-corrected chi connectivity index (χ1v) is 5.93. The molecule has 0 amide bonds. The SMILES string of the molecule is CC(F)CCn1cc(-c2ccccc2)ncc1=O. The van der Waals surface area contributed by atoms with E-state index in [1.807, 2.05) is 30.3 Å². The van der Waals surface area contributed by atoms with Crippen molar-refractivity contribution >= 4 is 0 Å². The van der Waals surface area contributed by atoms with Gasteiger partial charge in [-0.15, -0.1) is 0 Å². The molecule has 1 heterocycles. The van der Waals surface area contributed by atoms with E-state index in [0.717, 1.165) is 11.3 Å². The molecule has 2 rings (SSSR count). The molecule has 0 saturated carbocycles. The van der Waals surface area contributed by atoms with E-state index >= 15 is 0 Å². The maximum Gasteiger partial charge on any atom is 0.269 e. The van der Waals surface area contributed by atoms with Crippen LogP contribution in [0.2, 0.25) is 0 Å². The van der Waals surface area contributed by atoms with Gasteiger partial charge >= 0.3 is 0 Å². The molecule has 2 aromatic rings. The van der Waals surface area contributed by atoms with Crippen molar-refractivity contribution in [3.05, 3.63) is 53.1 Å². The first kappa shape index (κ1) is 12.5. The van der Waals surface area contributed by atoms with Gasteiger partial charge < -0.3 is 4.57 Å². The number of alkyl halides is 1. The Hall–Kier alpha value is -1.97. The molecule has 0 bridgehead atoms. The summed E-state index contributed by atoms with van der Waals surface area (Å²) in [4.78, 5) is 15.7. The number of hydrogen-bond donors (Lipinski definition) is 0. The Kier molecular flexibility index (Phi) is 3.87. The monoisotopic (exact) mass is 246 g/mol. The van der Waals surface area contributed by atoms with Crippen molar-refractivity contribution in [2.24, 2.45) is 0 Å². The molecule has 0 saturated heterocycles. The van der Waals surface area contributed by atoms with Gasteiger partial charge in [0.25, 0.3) is 5.56 Å². The van der Waals surface area contributed by atoms with Gasteiger partial charge in [-0.3, -0.25) is 4.79 Å². The molecule has 1 unspecified atom stereocenters. The molecule has 1 atom stereocenters. The third-order valence-electron chi connectivity index (χ3n) is 2.71. The highest BCUT2D eigenvalue weighted by Gasteiger charge is 2.04. The number of rotatable bonds is 4. The number of halogens is 1. The van der Waals surface area contributed by atoms with Crippen molar-refractivity contribution in [3.8, 4) is 11.3 Å². The minimum atomic E-state index is -0.912. The van der Waals surface area contributed by atoms with E-state index in [-0.39, 0.29) is 5.56 Å². The maximum atomic E-state index is 12.8. The predicted molar refractivity (Wildman–Crippen MR) is 69.1 cm³/mol. The minimum Gasteiger partial charge on any atom is -0.312 e. The number of aryl methyl sites for hydroxylation is 1. The highest BCUT2D eigenvalue weighted by molar-refractivity contribution is 5.57. The normalized spacial score (nSPS) is 12.3. The van der Waals surface area contributed by atoms with Crippen LogP contribution >= 0.6 is 0 Å². The Morgan fingerprint density at radius 3 is 2.72 bits per heavy atom. The topological polar surface area (TPSA) is 34.9 Å². The van der Waals surface area contributed by atoms with Crippen LogP contribution in [-0.2, 0) is 6.54 Å². The molecule has 0 fully saturated rings. The molecule has 3 nitrogen and oxygen atoms in total. The van der Waals surface area contributed by atoms with E-state index in [4.69, 9.17) is 0 Å². The number of aromatic nitrogens is 2. The van der Waals surface area contributed by atoms with Crippen molar-refractivity contribution in [1.29, 1.82) is 0 Å². The lowest BCUT2D eigenvalue weighted by atomic mass is 10.2. The van der Waals surface area contributed by atoms with E-state index in [9.17, 15) is 9.18 Å². The number of nitrogens with zero attached hydrogens (tertiary/aromatic N) is 2. The van der Waals surface area contributed by atoms with Gasteiger partial charge in [0.2, 0.25) is 0 Å². The highest BCUT2D eigenvalue weighted by Crippen LogP contribution is 2.14. The van der Waals surface area contributed by atoms with Crippen LogP contribution in [0.3, 0.4) is 0 Å². The second-order valence-electron chi connectivity index (χ2n) is 4.24. The third kappa shape index (κ3) is 3.03. The van der Waals surface area contributed by atoms with Gasteiger partial charge in [-0.25, -0.2) is 9.37 Å². The van der Waals surface area contributed by atoms with Gasteiger partial charge in [0.15, 0.2) is 0 Å². The molecule has 1 aromatic heterocycles. The quantitative estimate of drug-likeness (QED) is 0.831. The van der Waals surface area contributed by atoms with E-state index in [0.29, 0.717) is 13.0 Å². The van der Waals surface area contributed by atoms with Gasteiger partial charge in [0, 0.05) is 18.3 Å². The summed E-state index contributed by atoms with van der Waals surface area (Å²) in [6, 6.07) is 9.60. The lowest BCUT2D eigenvalue weighted by molar-refractivity contribution is 0.324. The first-order chi connectivity index (χ1) is 8.66. The number of hydrogen-bond acceptors (Lipinski definition) is 2. The largest absolute Gasteiger partial charge is 0.312 e. The maximum absolute atomic E-state index is 12.8. The molecule has 0 aliphatic carbocycles. The van der Waals surface area contributed by atoms with Crippen LogP contribution < -0.4 is 5.56 Å². The molecular formula is C14H15FN2O. The second kappa shape index (κ2) is 5.58. The fraction of sp³-hybridized carbons (Fsp3) is 0.286. The molecule has 0 aliphatic rings. The zero-order valence-corrected chi connectivity index (χ0v) is 10.2. The van der Waals surface area contributed by atoms with Gasteiger partial charge in [-0.1, -0.05) is 30.3 Å². The lowest BCUT2D eigenvalue weighted by Gasteiger charge is -2.08. The summed E-state index contributed by atoms with van der Waals surface area (Å²) in [5.41, 5.74) is 1.47. The molecular weight excluding hydrogens is 231 g/mol. The Balaban J connectivity index is 2.29. The Bertz CT molecular complexity index is 564. The van der Waals surface area contributed by atoms with Crippen molar-refractivity contribution < 1.29 is 4.39 Å². The summed E-state index contributed by atoms with van der Waals surface area (Å²) < 4.78 is 14.3. The van der Waals surface area contributed by atoms with Crippen LogP contribution in [0.25, 0.3) is 11.3 Å². The van der Waals surface area contributed by atoms with Gasteiger partial charge in [-0.2, -0.15) is 0 Å². The lowest BCUT2D eigenvalue weighted by Crippen LogP contribution is -2.21. The van der Waals surface area contributed by atoms with Gasteiger partial charge in [-0.05, 0) is 13.3 Å². The van der Waals surface area contributed by atoms with E-state index in [1.165, 1.54) is 17.7 Å². The molecule has 0 aliphatic heterocycles. The van der Waals surface area contributed by atoms with Gasteiger partial charge in [0.1, 0.15) is 0 Å². The molecule has 18 heavy (non-hydrogen) atoms. The fourth-order valence-electron chi connectivity index (χ4n) is 1.69. The third-order valence-corrected chi connectivity index (χ3v) is 2.71. The molecule has 0 spiro atoms. The Labute approximate surface area is 105 Å². The standard InChI is InChI=1S/C14H15FN2O/c1-11(15)7-8-17-10-13(16-9-14(17)18)12-5-3-2-4-6-12/h2-6,9-11H,7-8H2,1H3. The van der Waals surface area contributed by atoms with Crippen LogP contribution in [0, 0.1) is 0 Å². The molecule has 1 aromatic carbocycles.